The third-order valence-electron chi connectivity index (χ3n) is 3.34. The Kier molecular flexibility index (Phi) is 3.57. The average molecular weight is 319 g/mol. The van der Waals surface area contributed by atoms with Gasteiger partial charge in [0.25, 0.3) is 0 Å². The van der Waals surface area contributed by atoms with Crippen molar-refractivity contribution in [1.82, 2.24) is 9.55 Å². The maximum absolute atomic E-state index is 9.14. The molecule has 102 valence electrons. The third kappa shape index (κ3) is 2.30. The van der Waals surface area contributed by atoms with Gasteiger partial charge in [-0.2, -0.15) is 0 Å². The van der Waals surface area contributed by atoms with E-state index < -0.39 is 0 Å². The largest absolute Gasteiger partial charge is 0.394 e. The van der Waals surface area contributed by atoms with Crippen molar-refractivity contribution in [1.29, 1.82) is 0 Å². The third-order valence-corrected chi connectivity index (χ3v) is 4.36. The highest BCUT2D eigenvalue weighted by atomic mass is 35.5. The van der Waals surface area contributed by atoms with Crippen LogP contribution in [0.2, 0.25) is 10.0 Å². The van der Waals surface area contributed by atoms with Gasteiger partial charge >= 0.3 is 0 Å². The van der Waals surface area contributed by atoms with Gasteiger partial charge in [-0.25, -0.2) is 0 Å². The van der Waals surface area contributed by atoms with E-state index in [0.717, 1.165) is 23.9 Å². The van der Waals surface area contributed by atoms with Crippen molar-refractivity contribution >= 4 is 46.5 Å². The van der Waals surface area contributed by atoms with Crippen LogP contribution in [0.4, 0.5) is 0 Å². The lowest BCUT2D eigenvalue weighted by atomic mass is 10.2. The summed E-state index contributed by atoms with van der Waals surface area (Å²) in [5, 5.41) is 10.1. The van der Waals surface area contributed by atoms with Gasteiger partial charge in [0.15, 0.2) is 4.77 Å². The molecular weight excluding hydrogens is 307 g/mol. The first-order valence-electron chi connectivity index (χ1n) is 5.95. The quantitative estimate of drug-likeness (QED) is 0.830. The molecule has 2 heterocycles. The van der Waals surface area contributed by atoms with Crippen molar-refractivity contribution in [2.24, 2.45) is 0 Å². The monoisotopic (exact) mass is 318 g/mol. The van der Waals surface area contributed by atoms with Crippen molar-refractivity contribution in [2.45, 2.75) is 25.2 Å². The molecule has 0 aliphatic carbocycles. The van der Waals surface area contributed by atoms with E-state index in [2.05, 4.69) is 4.98 Å². The highest BCUT2D eigenvalue weighted by Gasteiger charge is 2.27. The number of hydrogen-bond acceptors (Lipinski definition) is 3. The first-order valence-corrected chi connectivity index (χ1v) is 7.12. The van der Waals surface area contributed by atoms with Gasteiger partial charge < -0.3 is 14.8 Å². The Balaban J connectivity index is 2.11. The molecule has 1 aromatic carbocycles. The number of imidazole rings is 1. The standard InChI is InChI=1S/C12H12Cl2N2O2S/c13-7-3-9-10(4-8(7)14)16(12(19)15-9)11-2-1-6(5-17)18-11/h3-4,6,11,17H,1-2,5H2,(H,15,19)/t6-,11+/m0/s1. The number of fused-ring (bicyclic) bond motifs is 1. The van der Waals surface area contributed by atoms with Gasteiger partial charge in [0, 0.05) is 0 Å². The number of nitrogens with zero attached hydrogens (tertiary/aromatic N) is 1. The number of hydrogen-bond donors (Lipinski definition) is 2. The van der Waals surface area contributed by atoms with E-state index in [1.54, 1.807) is 12.1 Å². The molecule has 0 spiro atoms. The molecule has 7 heteroatoms. The lowest BCUT2D eigenvalue weighted by molar-refractivity contribution is -0.0210. The van der Waals surface area contributed by atoms with E-state index in [9.17, 15) is 0 Å². The van der Waals surface area contributed by atoms with E-state index in [1.165, 1.54) is 0 Å². The molecule has 1 aliphatic rings. The highest BCUT2D eigenvalue weighted by Crippen LogP contribution is 2.34. The molecular formula is C12H12Cl2N2O2S. The zero-order chi connectivity index (χ0) is 13.6. The average Bonchev–Trinajstić information content (AvgIpc) is 2.94. The molecule has 3 rings (SSSR count). The number of aromatic amines is 1. The van der Waals surface area contributed by atoms with Crippen molar-refractivity contribution < 1.29 is 9.84 Å². The van der Waals surface area contributed by atoms with Crippen molar-refractivity contribution in [3.8, 4) is 0 Å². The van der Waals surface area contributed by atoms with Crippen LogP contribution in [0.25, 0.3) is 11.0 Å². The molecule has 0 saturated carbocycles. The molecule has 0 bridgehead atoms. The Morgan fingerprint density at radius 1 is 1.37 bits per heavy atom. The topological polar surface area (TPSA) is 50.2 Å². The van der Waals surface area contributed by atoms with Gasteiger partial charge in [-0.15, -0.1) is 0 Å². The van der Waals surface area contributed by atoms with Crippen LogP contribution in [0.1, 0.15) is 19.1 Å². The van der Waals surface area contributed by atoms with Crippen LogP contribution in [0.5, 0.6) is 0 Å². The second-order valence-electron chi connectivity index (χ2n) is 4.56. The van der Waals surface area contributed by atoms with E-state index in [1.807, 2.05) is 4.57 Å². The zero-order valence-corrected chi connectivity index (χ0v) is 12.2. The number of aliphatic hydroxyl groups is 1. The lowest BCUT2D eigenvalue weighted by Crippen LogP contribution is -2.14. The Morgan fingerprint density at radius 2 is 2.11 bits per heavy atom. The fourth-order valence-corrected chi connectivity index (χ4v) is 3.06. The van der Waals surface area contributed by atoms with Crippen LogP contribution < -0.4 is 0 Å². The molecule has 2 N–H and O–H groups in total. The lowest BCUT2D eigenvalue weighted by Gasteiger charge is -2.14. The van der Waals surface area contributed by atoms with Crippen LogP contribution in [0.3, 0.4) is 0 Å². The number of aromatic nitrogens is 2. The smallest absolute Gasteiger partial charge is 0.180 e. The van der Waals surface area contributed by atoms with E-state index in [4.69, 9.17) is 45.3 Å². The summed E-state index contributed by atoms with van der Waals surface area (Å²) >= 11 is 17.4. The van der Waals surface area contributed by atoms with Crippen LogP contribution in [0, 0.1) is 4.77 Å². The highest BCUT2D eigenvalue weighted by molar-refractivity contribution is 7.71. The fraction of sp³-hybridized carbons (Fsp3) is 0.417. The van der Waals surface area contributed by atoms with Crippen molar-refractivity contribution in [2.75, 3.05) is 6.61 Å². The van der Waals surface area contributed by atoms with Gasteiger partial charge in [0.1, 0.15) is 6.23 Å². The molecule has 2 aromatic rings. The van der Waals surface area contributed by atoms with Crippen LogP contribution in [-0.4, -0.2) is 27.4 Å². The Hall–Kier alpha value is -0.590. The van der Waals surface area contributed by atoms with Gasteiger partial charge in [0.05, 0.1) is 33.8 Å². The number of rotatable bonds is 2. The Morgan fingerprint density at radius 3 is 2.79 bits per heavy atom. The Labute approximate surface area is 124 Å². The summed E-state index contributed by atoms with van der Waals surface area (Å²) < 4.78 is 8.22. The molecule has 1 aliphatic heterocycles. The molecule has 19 heavy (non-hydrogen) atoms. The summed E-state index contributed by atoms with van der Waals surface area (Å²) in [6.07, 6.45) is 1.33. The number of H-pyrrole nitrogens is 1. The van der Waals surface area contributed by atoms with E-state index in [-0.39, 0.29) is 18.9 Å². The second kappa shape index (κ2) is 5.07. The summed E-state index contributed by atoms with van der Waals surface area (Å²) in [7, 11) is 0. The summed E-state index contributed by atoms with van der Waals surface area (Å²) in [5.74, 6) is 0. The maximum Gasteiger partial charge on any atom is 0.180 e. The molecule has 0 amide bonds. The summed E-state index contributed by atoms with van der Waals surface area (Å²) in [6.45, 7) is 0.0265. The van der Waals surface area contributed by atoms with E-state index in [0.29, 0.717) is 14.8 Å². The minimum Gasteiger partial charge on any atom is -0.394 e. The second-order valence-corrected chi connectivity index (χ2v) is 5.76. The summed E-state index contributed by atoms with van der Waals surface area (Å²) in [5.41, 5.74) is 1.69. The minimum absolute atomic E-state index is 0.0265. The number of ether oxygens (including phenoxy) is 1. The molecule has 4 nitrogen and oxygen atoms in total. The van der Waals surface area contributed by atoms with Crippen LogP contribution in [0.15, 0.2) is 12.1 Å². The molecule has 1 fully saturated rings. The summed E-state index contributed by atoms with van der Waals surface area (Å²) in [4.78, 5) is 3.10. The Bertz CT molecular complexity index is 682. The van der Waals surface area contributed by atoms with Gasteiger partial charge in [-0.05, 0) is 37.2 Å². The predicted octanol–water partition coefficient (Wildman–Crippen LogP) is 3.68. The first-order chi connectivity index (χ1) is 9.10. The van der Waals surface area contributed by atoms with Crippen LogP contribution in [-0.2, 0) is 4.74 Å². The van der Waals surface area contributed by atoms with E-state index >= 15 is 0 Å². The number of halogens is 2. The number of aliphatic hydroxyl groups excluding tert-OH is 1. The van der Waals surface area contributed by atoms with Crippen molar-refractivity contribution in [3.05, 3.63) is 26.9 Å². The van der Waals surface area contributed by atoms with Gasteiger partial charge in [-0.1, -0.05) is 23.2 Å². The fourth-order valence-electron chi connectivity index (χ4n) is 2.42. The normalized spacial score (nSPS) is 23.3. The molecule has 1 aromatic heterocycles. The predicted molar refractivity (Wildman–Crippen MR) is 77.4 cm³/mol. The SMILES string of the molecule is OC[C@@H]1CC[C@H](n2c(=S)[nH]c3cc(Cl)c(Cl)cc32)O1. The number of nitrogens with one attached hydrogen (secondary N) is 1. The van der Waals surface area contributed by atoms with Crippen molar-refractivity contribution in [3.63, 3.8) is 0 Å². The van der Waals surface area contributed by atoms with Gasteiger partial charge in [0.2, 0.25) is 0 Å². The maximum atomic E-state index is 9.14. The summed E-state index contributed by atoms with van der Waals surface area (Å²) in [6, 6.07) is 3.53. The molecule has 1 saturated heterocycles. The zero-order valence-electron chi connectivity index (χ0n) is 9.90. The van der Waals surface area contributed by atoms with Gasteiger partial charge in [-0.3, -0.25) is 4.57 Å². The minimum atomic E-state index is -0.171. The molecule has 0 unspecified atom stereocenters. The molecule has 0 radical (unpaired) electrons. The molecule has 2 atom stereocenters. The van der Waals surface area contributed by atoms with Crippen LogP contribution >= 0.6 is 35.4 Å². The number of benzene rings is 1. The first kappa shape index (κ1) is 13.4.